The van der Waals surface area contributed by atoms with Crippen LogP contribution in [0.3, 0.4) is 0 Å². The van der Waals surface area contributed by atoms with Crippen LogP contribution >= 0.6 is 0 Å². The van der Waals surface area contributed by atoms with Crippen LogP contribution < -0.4 is 4.74 Å². The second-order valence-corrected chi connectivity index (χ2v) is 5.60. The Labute approximate surface area is 135 Å². The summed E-state index contributed by atoms with van der Waals surface area (Å²) in [5.41, 5.74) is 5.26. The highest BCUT2D eigenvalue weighted by Crippen LogP contribution is 2.31. The van der Waals surface area contributed by atoms with E-state index in [1.165, 1.54) is 0 Å². The van der Waals surface area contributed by atoms with E-state index in [1.54, 1.807) is 6.21 Å². The number of ether oxygens (including phenoxy) is 1. The minimum atomic E-state index is 0.635. The van der Waals surface area contributed by atoms with E-state index in [4.69, 9.17) is 10.00 Å². The van der Waals surface area contributed by atoms with Crippen LogP contribution in [-0.2, 0) is 0 Å². The van der Waals surface area contributed by atoms with Gasteiger partial charge in [0.25, 0.3) is 0 Å². The molecule has 1 aromatic heterocycles. The van der Waals surface area contributed by atoms with Gasteiger partial charge in [-0.05, 0) is 67.8 Å². The highest BCUT2D eigenvalue weighted by Gasteiger charge is 2.16. The van der Waals surface area contributed by atoms with Gasteiger partial charge in [0.15, 0.2) is 5.76 Å². The Balaban J connectivity index is 2.08. The van der Waals surface area contributed by atoms with Gasteiger partial charge in [-0.25, -0.2) is 0 Å². The van der Waals surface area contributed by atoms with Crippen molar-refractivity contribution in [3.8, 4) is 11.8 Å². The van der Waals surface area contributed by atoms with E-state index < -0.39 is 0 Å². The molecule has 4 heteroatoms. The SMILES string of the molecule is Cc1c[nH]c(/C(Oc2c(C)cc(C#N)cc2C)=C2/C=CC=N2)c1. The van der Waals surface area contributed by atoms with Gasteiger partial charge in [-0.1, -0.05) is 0 Å². The first-order chi connectivity index (χ1) is 11.1. The van der Waals surface area contributed by atoms with E-state index in [1.807, 2.05) is 57.3 Å². The summed E-state index contributed by atoms with van der Waals surface area (Å²) in [6, 6.07) is 7.86. The lowest BCUT2D eigenvalue weighted by atomic mass is 10.1. The molecule has 4 nitrogen and oxygen atoms in total. The number of rotatable bonds is 3. The number of nitrogens with one attached hydrogen (secondary N) is 1. The normalized spacial score (nSPS) is 14.9. The highest BCUT2D eigenvalue weighted by molar-refractivity contribution is 5.81. The topological polar surface area (TPSA) is 61.2 Å². The first-order valence-corrected chi connectivity index (χ1v) is 7.38. The van der Waals surface area contributed by atoms with E-state index in [0.29, 0.717) is 11.3 Å². The summed E-state index contributed by atoms with van der Waals surface area (Å²) in [5, 5.41) is 9.08. The van der Waals surface area contributed by atoms with Crippen molar-refractivity contribution in [3.63, 3.8) is 0 Å². The maximum atomic E-state index is 9.08. The number of hydrogen-bond donors (Lipinski definition) is 1. The molecule has 0 bridgehead atoms. The lowest BCUT2D eigenvalue weighted by molar-refractivity contribution is 0.500. The zero-order chi connectivity index (χ0) is 16.4. The second kappa shape index (κ2) is 5.98. The molecule has 2 aromatic rings. The van der Waals surface area contributed by atoms with Gasteiger partial charge >= 0.3 is 0 Å². The minimum absolute atomic E-state index is 0.635. The number of aromatic amines is 1. The molecule has 0 saturated heterocycles. The average Bonchev–Trinajstić information content (AvgIpc) is 3.18. The Bertz CT molecular complexity index is 855. The van der Waals surface area contributed by atoms with Gasteiger partial charge < -0.3 is 9.72 Å². The van der Waals surface area contributed by atoms with Gasteiger partial charge in [0, 0.05) is 12.4 Å². The summed E-state index contributed by atoms with van der Waals surface area (Å²) in [5.74, 6) is 1.44. The fourth-order valence-corrected chi connectivity index (χ4v) is 2.59. The molecule has 0 aliphatic carbocycles. The molecular formula is C19H17N3O. The highest BCUT2D eigenvalue weighted by atomic mass is 16.5. The quantitative estimate of drug-likeness (QED) is 0.864. The monoisotopic (exact) mass is 303 g/mol. The zero-order valence-corrected chi connectivity index (χ0v) is 13.3. The van der Waals surface area contributed by atoms with Crippen molar-refractivity contribution >= 4 is 12.0 Å². The van der Waals surface area contributed by atoms with Crippen molar-refractivity contribution in [3.05, 3.63) is 70.2 Å². The number of benzene rings is 1. The summed E-state index contributed by atoms with van der Waals surface area (Å²) in [7, 11) is 0. The average molecular weight is 303 g/mol. The lowest BCUT2D eigenvalue weighted by Crippen LogP contribution is -2.01. The Morgan fingerprint density at radius 3 is 2.43 bits per heavy atom. The summed E-state index contributed by atoms with van der Waals surface area (Å²) < 4.78 is 6.23. The first-order valence-electron chi connectivity index (χ1n) is 7.38. The number of allylic oxidation sites excluding steroid dienone is 2. The van der Waals surface area contributed by atoms with Crippen molar-refractivity contribution in [1.82, 2.24) is 4.98 Å². The third-order valence-electron chi connectivity index (χ3n) is 3.65. The third kappa shape index (κ3) is 2.95. The fraction of sp³-hybridized carbons (Fsp3) is 0.158. The van der Waals surface area contributed by atoms with E-state index in [2.05, 4.69) is 16.0 Å². The van der Waals surface area contributed by atoms with Crippen molar-refractivity contribution < 1.29 is 4.74 Å². The van der Waals surface area contributed by atoms with Crippen molar-refractivity contribution in [2.45, 2.75) is 20.8 Å². The molecular weight excluding hydrogens is 286 g/mol. The van der Waals surface area contributed by atoms with Crippen LogP contribution in [0.1, 0.15) is 27.9 Å². The van der Waals surface area contributed by atoms with Gasteiger partial charge in [-0.15, -0.1) is 0 Å². The standard InChI is InChI=1S/C19H17N3O/c1-12-7-17(22-11-12)19(16-5-4-6-21-16)23-18-13(2)8-15(10-20)9-14(18)3/h4-9,11,22H,1-3H3/b19-16+. The molecule has 1 N–H and O–H groups in total. The Kier molecular flexibility index (Phi) is 3.86. The number of hydrogen-bond acceptors (Lipinski definition) is 3. The molecule has 1 aliphatic rings. The van der Waals surface area contributed by atoms with E-state index in [9.17, 15) is 0 Å². The summed E-state index contributed by atoms with van der Waals surface area (Å²) in [6.45, 7) is 5.91. The van der Waals surface area contributed by atoms with Gasteiger partial charge in [-0.3, -0.25) is 4.99 Å². The Hall–Kier alpha value is -3.06. The molecule has 23 heavy (non-hydrogen) atoms. The van der Waals surface area contributed by atoms with Crippen LogP contribution in [0.25, 0.3) is 5.76 Å². The molecule has 0 spiro atoms. The zero-order valence-electron chi connectivity index (χ0n) is 13.3. The van der Waals surface area contributed by atoms with Gasteiger partial charge in [-0.2, -0.15) is 5.26 Å². The van der Waals surface area contributed by atoms with Crippen molar-refractivity contribution in [2.24, 2.45) is 4.99 Å². The smallest absolute Gasteiger partial charge is 0.176 e. The molecule has 3 rings (SSSR count). The van der Waals surface area contributed by atoms with Crippen molar-refractivity contribution in [2.75, 3.05) is 0 Å². The summed E-state index contributed by atoms with van der Waals surface area (Å²) in [6.07, 6.45) is 7.47. The number of nitriles is 1. The molecule has 0 atom stereocenters. The van der Waals surface area contributed by atoms with Crippen LogP contribution in [0.4, 0.5) is 0 Å². The maximum Gasteiger partial charge on any atom is 0.176 e. The predicted molar refractivity (Wildman–Crippen MR) is 91.3 cm³/mol. The van der Waals surface area contributed by atoms with Crippen molar-refractivity contribution in [1.29, 1.82) is 5.26 Å². The molecule has 0 saturated carbocycles. The van der Waals surface area contributed by atoms with E-state index in [-0.39, 0.29) is 0 Å². The van der Waals surface area contributed by atoms with Gasteiger partial charge in [0.2, 0.25) is 0 Å². The van der Waals surface area contributed by atoms with Crippen LogP contribution in [0.15, 0.2) is 47.2 Å². The van der Waals surface area contributed by atoms with Crippen LogP contribution in [-0.4, -0.2) is 11.2 Å². The minimum Gasteiger partial charge on any atom is -0.452 e. The third-order valence-corrected chi connectivity index (χ3v) is 3.65. The molecule has 2 heterocycles. The van der Waals surface area contributed by atoms with Crippen LogP contribution in [0.5, 0.6) is 5.75 Å². The number of nitrogens with zero attached hydrogens (tertiary/aromatic N) is 2. The number of aliphatic imine (C=N–C) groups is 1. The molecule has 1 aromatic carbocycles. The largest absolute Gasteiger partial charge is 0.452 e. The lowest BCUT2D eigenvalue weighted by Gasteiger charge is -2.15. The summed E-state index contributed by atoms with van der Waals surface area (Å²) in [4.78, 5) is 7.58. The molecule has 0 fully saturated rings. The predicted octanol–water partition coefficient (Wildman–Crippen LogP) is 4.20. The van der Waals surface area contributed by atoms with Gasteiger partial charge in [0.1, 0.15) is 11.4 Å². The second-order valence-electron chi connectivity index (χ2n) is 5.60. The maximum absolute atomic E-state index is 9.08. The number of H-pyrrole nitrogens is 1. The molecule has 0 unspecified atom stereocenters. The Morgan fingerprint density at radius 1 is 1.17 bits per heavy atom. The summed E-state index contributed by atoms with van der Waals surface area (Å²) >= 11 is 0. The molecule has 114 valence electrons. The van der Waals surface area contributed by atoms with Crippen LogP contribution in [0, 0.1) is 32.1 Å². The van der Waals surface area contributed by atoms with Gasteiger partial charge in [0.05, 0.1) is 17.3 Å². The fourth-order valence-electron chi connectivity index (χ4n) is 2.59. The molecule has 0 radical (unpaired) electrons. The number of aryl methyl sites for hydroxylation is 3. The molecule has 1 aliphatic heterocycles. The molecule has 0 amide bonds. The van der Waals surface area contributed by atoms with E-state index in [0.717, 1.165) is 33.8 Å². The number of aromatic nitrogens is 1. The first kappa shape index (κ1) is 14.9. The Morgan fingerprint density at radius 2 is 1.91 bits per heavy atom. The van der Waals surface area contributed by atoms with E-state index >= 15 is 0 Å². The van der Waals surface area contributed by atoms with Crippen LogP contribution in [0.2, 0.25) is 0 Å².